The van der Waals surface area contributed by atoms with Gasteiger partial charge in [-0.25, -0.2) is 0 Å². The molecular formula is C27H40O7. The number of rotatable bonds is 4. The summed E-state index contributed by atoms with van der Waals surface area (Å²) >= 11 is 0. The second kappa shape index (κ2) is 7.71. The maximum Gasteiger partial charge on any atom is 0.303 e. The van der Waals surface area contributed by atoms with Gasteiger partial charge in [-0.1, -0.05) is 34.6 Å². The Kier molecular flexibility index (Phi) is 5.79. The van der Waals surface area contributed by atoms with Gasteiger partial charge in [0.2, 0.25) is 0 Å². The zero-order valence-electron chi connectivity index (χ0n) is 21.2. The Balaban J connectivity index is 1.90. The smallest absolute Gasteiger partial charge is 0.303 e. The summed E-state index contributed by atoms with van der Waals surface area (Å²) in [5.41, 5.74) is -2.68. The number of ketones is 2. The Morgan fingerprint density at radius 3 is 2.29 bits per heavy atom. The molecule has 0 aromatic heterocycles. The van der Waals surface area contributed by atoms with Crippen molar-refractivity contribution in [2.24, 2.45) is 39.4 Å². The average Bonchev–Trinajstić information content (AvgIpc) is 2.97. The Hall–Kier alpha value is -1.57. The molecule has 9 atom stereocenters. The minimum atomic E-state index is -1.42. The van der Waals surface area contributed by atoms with Crippen molar-refractivity contribution in [1.29, 1.82) is 0 Å². The highest BCUT2D eigenvalue weighted by Crippen LogP contribution is 2.70. The van der Waals surface area contributed by atoms with Crippen LogP contribution in [0.15, 0.2) is 11.1 Å². The fraction of sp³-hybridized carbons (Fsp3) is 0.815. The molecule has 0 bridgehead atoms. The van der Waals surface area contributed by atoms with Crippen LogP contribution < -0.4 is 0 Å². The van der Waals surface area contributed by atoms with Crippen molar-refractivity contribution >= 4 is 17.5 Å². The van der Waals surface area contributed by atoms with Crippen LogP contribution in [0.5, 0.6) is 0 Å². The number of hydrogen-bond donors (Lipinski definition) is 4. The number of carbonyl (C=O) groups excluding carboxylic acids is 2. The maximum absolute atomic E-state index is 14.0. The van der Waals surface area contributed by atoms with Gasteiger partial charge in [-0.3, -0.25) is 14.4 Å². The predicted octanol–water partition coefficient (Wildman–Crippen LogP) is 2.90. The van der Waals surface area contributed by atoms with E-state index in [1.807, 2.05) is 27.7 Å². The molecule has 0 aliphatic heterocycles. The summed E-state index contributed by atoms with van der Waals surface area (Å²) in [5, 5.41) is 43.0. The molecule has 7 nitrogen and oxygen atoms in total. The van der Waals surface area contributed by atoms with Gasteiger partial charge in [0.05, 0.1) is 17.6 Å². The maximum atomic E-state index is 14.0. The molecule has 4 aliphatic carbocycles. The molecule has 0 aromatic rings. The summed E-state index contributed by atoms with van der Waals surface area (Å²) < 4.78 is 0. The highest BCUT2D eigenvalue weighted by molar-refractivity contribution is 6.07. The summed E-state index contributed by atoms with van der Waals surface area (Å²) in [4.78, 5) is 38.9. The van der Waals surface area contributed by atoms with E-state index in [4.69, 9.17) is 5.11 Å². The number of carboxylic acid groups (broad SMARTS) is 1. The molecule has 0 spiro atoms. The minimum Gasteiger partial charge on any atom is -0.481 e. The van der Waals surface area contributed by atoms with E-state index in [9.17, 15) is 29.7 Å². The molecular weight excluding hydrogens is 436 g/mol. The van der Waals surface area contributed by atoms with Gasteiger partial charge in [0.25, 0.3) is 0 Å². The van der Waals surface area contributed by atoms with E-state index in [-0.39, 0.29) is 36.4 Å². The molecule has 4 N–H and O–H groups in total. The van der Waals surface area contributed by atoms with Gasteiger partial charge in [0, 0.05) is 23.8 Å². The van der Waals surface area contributed by atoms with Gasteiger partial charge in [-0.05, 0) is 66.8 Å². The van der Waals surface area contributed by atoms with Crippen LogP contribution in [0.1, 0.15) is 80.1 Å². The molecule has 0 amide bonds. The average molecular weight is 477 g/mol. The second-order valence-electron chi connectivity index (χ2n) is 12.7. The Labute approximate surface area is 201 Å². The minimum absolute atomic E-state index is 0.0452. The zero-order chi connectivity index (χ0) is 25.6. The molecule has 9 unspecified atom stereocenters. The van der Waals surface area contributed by atoms with E-state index in [1.165, 1.54) is 0 Å². The lowest BCUT2D eigenvalue weighted by molar-refractivity contribution is -0.159. The van der Waals surface area contributed by atoms with Gasteiger partial charge < -0.3 is 20.4 Å². The number of aliphatic carboxylic acids is 1. The van der Waals surface area contributed by atoms with Crippen molar-refractivity contribution in [2.75, 3.05) is 0 Å². The van der Waals surface area contributed by atoms with E-state index in [0.717, 1.165) is 0 Å². The van der Waals surface area contributed by atoms with E-state index >= 15 is 0 Å². The van der Waals surface area contributed by atoms with Gasteiger partial charge in [0.1, 0.15) is 11.9 Å². The first kappa shape index (κ1) is 25.5. The first-order valence-corrected chi connectivity index (χ1v) is 12.6. The van der Waals surface area contributed by atoms with Crippen LogP contribution in [0.2, 0.25) is 0 Å². The Morgan fingerprint density at radius 2 is 1.71 bits per heavy atom. The number of aliphatic hydroxyl groups is 3. The van der Waals surface area contributed by atoms with Crippen LogP contribution in [-0.2, 0) is 14.4 Å². The van der Waals surface area contributed by atoms with Crippen molar-refractivity contribution in [1.82, 2.24) is 0 Å². The molecule has 34 heavy (non-hydrogen) atoms. The SMILES string of the molecule is CC(CCC(=O)O)C1CC(=O)C2(C)C3=C(C(=O)C(O)C12C)C1(C)CCC(O)C(C)(C)C1CC3O. The fourth-order valence-corrected chi connectivity index (χ4v) is 8.67. The monoisotopic (exact) mass is 476 g/mol. The van der Waals surface area contributed by atoms with Gasteiger partial charge in [-0.2, -0.15) is 0 Å². The summed E-state index contributed by atoms with van der Waals surface area (Å²) in [6, 6.07) is 0. The highest BCUT2D eigenvalue weighted by Gasteiger charge is 2.73. The summed E-state index contributed by atoms with van der Waals surface area (Å²) in [6.07, 6.45) is -1.15. The van der Waals surface area contributed by atoms with E-state index in [2.05, 4.69) is 0 Å². The number of aliphatic hydroxyl groups excluding tert-OH is 3. The standard InChI is InChI=1S/C27H40O7/c1-13(7-8-19(31)32)14-11-18(30)27(6)20-15(28)12-16-24(2,3)17(29)9-10-25(16,4)21(20)22(33)23(34)26(14,27)5/h13-17,23,28-29,34H,7-12H2,1-6H3,(H,31,32). The summed E-state index contributed by atoms with van der Waals surface area (Å²) in [7, 11) is 0. The highest BCUT2D eigenvalue weighted by atomic mass is 16.4. The van der Waals surface area contributed by atoms with Crippen LogP contribution in [0.25, 0.3) is 0 Å². The van der Waals surface area contributed by atoms with E-state index in [1.54, 1.807) is 13.8 Å². The molecule has 0 saturated heterocycles. The molecule has 7 heteroatoms. The van der Waals surface area contributed by atoms with Crippen LogP contribution in [0.3, 0.4) is 0 Å². The van der Waals surface area contributed by atoms with Crippen LogP contribution in [-0.4, -0.2) is 56.3 Å². The lowest BCUT2D eigenvalue weighted by Gasteiger charge is -2.62. The molecule has 190 valence electrons. The third-order valence-electron chi connectivity index (χ3n) is 11.0. The first-order chi connectivity index (χ1) is 15.6. The molecule has 0 radical (unpaired) electrons. The topological polar surface area (TPSA) is 132 Å². The van der Waals surface area contributed by atoms with Crippen LogP contribution in [0.4, 0.5) is 0 Å². The molecule has 2 fully saturated rings. The van der Waals surface area contributed by atoms with E-state index in [0.29, 0.717) is 36.8 Å². The lowest BCUT2D eigenvalue weighted by atomic mass is 9.42. The molecule has 4 rings (SSSR count). The molecule has 0 aromatic carbocycles. The number of carbonyl (C=O) groups is 3. The third-order valence-corrected chi connectivity index (χ3v) is 11.0. The first-order valence-electron chi connectivity index (χ1n) is 12.6. The molecule has 0 heterocycles. The van der Waals surface area contributed by atoms with Crippen LogP contribution >= 0.6 is 0 Å². The Bertz CT molecular complexity index is 966. The van der Waals surface area contributed by atoms with Crippen molar-refractivity contribution < 1.29 is 34.8 Å². The Morgan fingerprint density at radius 1 is 1.09 bits per heavy atom. The fourth-order valence-electron chi connectivity index (χ4n) is 8.67. The lowest BCUT2D eigenvalue weighted by Crippen LogP contribution is -2.64. The zero-order valence-corrected chi connectivity index (χ0v) is 21.2. The summed E-state index contributed by atoms with van der Waals surface area (Å²) in [6.45, 7) is 11.4. The van der Waals surface area contributed by atoms with Crippen molar-refractivity contribution in [3.63, 3.8) is 0 Å². The van der Waals surface area contributed by atoms with E-state index < -0.39 is 51.7 Å². The third kappa shape index (κ3) is 2.96. The van der Waals surface area contributed by atoms with Gasteiger partial charge >= 0.3 is 5.97 Å². The van der Waals surface area contributed by atoms with Crippen molar-refractivity contribution in [3.05, 3.63) is 11.1 Å². The van der Waals surface area contributed by atoms with Gasteiger partial charge in [-0.15, -0.1) is 0 Å². The number of Topliss-reactive ketones (excluding diaryl/α,β-unsaturated/α-hetero) is 2. The van der Waals surface area contributed by atoms with Crippen molar-refractivity contribution in [2.45, 2.75) is 98.4 Å². The predicted molar refractivity (Wildman–Crippen MR) is 125 cm³/mol. The largest absolute Gasteiger partial charge is 0.481 e. The van der Waals surface area contributed by atoms with Crippen LogP contribution in [0, 0.1) is 39.4 Å². The van der Waals surface area contributed by atoms with Crippen molar-refractivity contribution in [3.8, 4) is 0 Å². The van der Waals surface area contributed by atoms with Gasteiger partial charge in [0.15, 0.2) is 5.78 Å². The normalized spacial score (nSPS) is 46.6. The summed E-state index contributed by atoms with van der Waals surface area (Å²) in [5.74, 6) is -2.18. The number of carboxylic acids is 1. The second-order valence-corrected chi connectivity index (χ2v) is 12.7. The molecule has 4 aliphatic rings. The molecule has 2 saturated carbocycles. The quantitative estimate of drug-likeness (QED) is 0.490. The number of hydrogen-bond acceptors (Lipinski definition) is 6. The number of fused-ring (bicyclic) bond motifs is 4.